The molecule has 1 aromatic heterocycles. The molecule has 2 N–H and O–H groups in total. The average Bonchev–Trinajstić information content (AvgIpc) is 3.25. The number of likely N-dealkylation sites (tertiary alicyclic amines) is 1. The van der Waals surface area contributed by atoms with E-state index in [1.165, 1.54) is 31.4 Å². The molecule has 198 valence electrons. The Bertz CT molecular complexity index is 1240. The zero-order valence-electron chi connectivity index (χ0n) is 20.8. The zero-order valence-corrected chi connectivity index (χ0v) is 20.8. The molecule has 5 rings (SSSR count). The number of aliphatic hydroxyl groups is 1. The third kappa shape index (κ3) is 5.83. The van der Waals surface area contributed by atoms with Gasteiger partial charge in [-0.2, -0.15) is 13.2 Å². The molecule has 37 heavy (non-hydrogen) atoms. The Balaban J connectivity index is 1.46. The van der Waals surface area contributed by atoms with Crippen LogP contribution in [0, 0.1) is 5.92 Å². The molecule has 0 bridgehead atoms. The summed E-state index contributed by atoms with van der Waals surface area (Å²) >= 11 is 0. The Morgan fingerprint density at radius 1 is 1.03 bits per heavy atom. The number of nitrogens with one attached hydrogen (secondary N) is 1. The number of nitrogens with zero attached hydrogens (tertiary/aromatic N) is 3. The van der Waals surface area contributed by atoms with Crippen molar-refractivity contribution < 1.29 is 23.1 Å². The number of hydrogen-bond donors (Lipinski definition) is 2. The van der Waals surface area contributed by atoms with Crippen LogP contribution in [-0.2, 0) is 12.7 Å². The first kappa shape index (κ1) is 25.7. The smallest absolute Gasteiger partial charge is 0.396 e. The molecule has 0 spiro atoms. The van der Waals surface area contributed by atoms with Gasteiger partial charge in [-0.15, -0.1) is 0 Å². The summed E-state index contributed by atoms with van der Waals surface area (Å²) in [5.74, 6) is -0.00875. The van der Waals surface area contributed by atoms with Gasteiger partial charge in [0.05, 0.1) is 16.6 Å². The number of anilines is 1. The number of carbonyl (C=O) groups excluding carboxylic acids is 1. The van der Waals surface area contributed by atoms with Crippen LogP contribution in [0.25, 0.3) is 11.0 Å². The molecule has 0 unspecified atom stereocenters. The molecule has 0 radical (unpaired) electrons. The highest BCUT2D eigenvalue weighted by Gasteiger charge is 2.31. The van der Waals surface area contributed by atoms with Crippen molar-refractivity contribution in [1.82, 2.24) is 14.5 Å². The fraction of sp³-hybridized carbons (Fsp3) is 0.500. The summed E-state index contributed by atoms with van der Waals surface area (Å²) in [6, 6.07) is 10.7. The number of halogens is 3. The number of benzene rings is 2. The first-order valence-electron chi connectivity index (χ1n) is 13.1. The van der Waals surface area contributed by atoms with Crippen LogP contribution in [0.15, 0.2) is 42.5 Å². The summed E-state index contributed by atoms with van der Waals surface area (Å²) in [6.07, 6.45) is 2.56. The van der Waals surface area contributed by atoms with Crippen molar-refractivity contribution >= 4 is 22.9 Å². The van der Waals surface area contributed by atoms with Gasteiger partial charge in [-0.3, -0.25) is 15.0 Å². The largest absolute Gasteiger partial charge is 0.416 e. The minimum Gasteiger partial charge on any atom is -0.396 e. The Kier molecular flexibility index (Phi) is 7.53. The summed E-state index contributed by atoms with van der Waals surface area (Å²) in [7, 11) is 0. The van der Waals surface area contributed by atoms with Gasteiger partial charge in [0.1, 0.15) is 0 Å². The number of aliphatic hydroxyl groups excluding tert-OH is 1. The van der Waals surface area contributed by atoms with Gasteiger partial charge >= 0.3 is 6.18 Å². The number of imidazole rings is 1. The van der Waals surface area contributed by atoms with Crippen LogP contribution in [0.4, 0.5) is 19.1 Å². The van der Waals surface area contributed by atoms with E-state index in [1.54, 1.807) is 0 Å². The molecular formula is C28H33F3N4O2. The van der Waals surface area contributed by atoms with Gasteiger partial charge in [0.15, 0.2) is 0 Å². The van der Waals surface area contributed by atoms with Crippen LogP contribution in [0.1, 0.15) is 72.5 Å². The van der Waals surface area contributed by atoms with E-state index in [9.17, 15) is 23.1 Å². The minimum atomic E-state index is -4.53. The maximum atomic E-state index is 13.2. The molecule has 1 amide bonds. The van der Waals surface area contributed by atoms with Crippen molar-refractivity contribution in [2.75, 3.05) is 25.0 Å². The molecule has 2 heterocycles. The molecule has 2 aromatic carbocycles. The van der Waals surface area contributed by atoms with Gasteiger partial charge in [-0.25, -0.2) is 4.98 Å². The molecule has 1 saturated carbocycles. The fourth-order valence-electron chi connectivity index (χ4n) is 5.67. The van der Waals surface area contributed by atoms with Crippen molar-refractivity contribution in [3.05, 3.63) is 59.2 Å². The third-order valence-electron chi connectivity index (χ3n) is 7.73. The predicted molar refractivity (Wildman–Crippen MR) is 136 cm³/mol. The van der Waals surface area contributed by atoms with Crippen LogP contribution < -0.4 is 5.32 Å². The SMILES string of the molecule is O=C(Nc1nc2cc(CN3CCCCC3)ccc2n1C1CCC(CO)CC1)c1cccc(C(F)(F)F)c1. The lowest BCUT2D eigenvalue weighted by Crippen LogP contribution is -2.29. The zero-order chi connectivity index (χ0) is 26.0. The monoisotopic (exact) mass is 514 g/mol. The lowest BCUT2D eigenvalue weighted by molar-refractivity contribution is -0.137. The van der Waals surface area contributed by atoms with Gasteiger partial charge in [0.25, 0.3) is 5.91 Å². The molecule has 1 saturated heterocycles. The van der Waals surface area contributed by atoms with Crippen LogP contribution in [0.5, 0.6) is 0 Å². The van der Waals surface area contributed by atoms with Crippen molar-refractivity contribution in [2.45, 2.75) is 63.7 Å². The molecule has 1 aliphatic heterocycles. The highest BCUT2D eigenvalue weighted by Crippen LogP contribution is 2.37. The van der Waals surface area contributed by atoms with Crippen molar-refractivity contribution in [3.8, 4) is 0 Å². The number of carbonyl (C=O) groups is 1. The lowest BCUT2D eigenvalue weighted by Gasteiger charge is -2.30. The standard InChI is InChI=1S/C28H33F3N4O2/c29-28(30,31)22-6-4-5-21(16-22)26(37)33-27-32-24-15-20(17-34-13-2-1-3-14-34)9-12-25(24)35(27)23-10-7-19(18-36)8-11-23/h4-6,9,12,15-16,19,23,36H,1-3,7-8,10-11,13-14,17-18H2,(H,32,33,37). The van der Waals surface area contributed by atoms with E-state index in [0.29, 0.717) is 5.95 Å². The molecular weight excluding hydrogens is 481 g/mol. The summed E-state index contributed by atoms with van der Waals surface area (Å²) in [5.41, 5.74) is 1.88. The van der Waals surface area contributed by atoms with Gasteiger partial charge in [0, 0.05) is 24.8 Å². The highest BCUT2D eigenvalue weighted by atomic mass is 19.4. The fourth-order valence-corrected chi connectivity index (χ4v) is 5.67. The number of fused-ring (bicyclic) bond motifs is 1. The van der Waals surface area contributed by atoms with E-state index in [0.717, 1.165) is 74.0 Å². The second-order valence-electron chi connectivity index (χ2n) is 10.4. The Hall–Kier alpha value is -2.91. The first-order chi connectivity index (χ1) is 17.8. The van der Waals surface area contributed by atoms with E-state index < -0.39 is 17.6 Å². The predicted octanol–water partition coefficient (Wildman–Crippen LogP) is 6.02. The number of alkyl halides is 3. The summed E-state index contributed by atoms with van der Waals surface area (Å²) in [6.45, 7) is 3.17. The quantitative estimate of drug-likeness (QED) is 0.422. The number of rotatable bonds is 6. The summed E-state index contributed by atoms with van der Waals surface area (Å²) in [5, 5.41) is 12.4. The van der Waals surface area contributed by atoms with Gasteiger partial charge in [-0.05, 0) is 93.4 Å². The van der Waals surface area contributed by atoms with Crippen molar-refractivity contribution in [2.24, 2.45) is 5.92 Å². The van der Waals surface area contributed by atoms with E-state index in [4.69, 9.17) is 4.98 Å². The summed E-state index contributed by atoms with van der Waals surface area (Å²) in [4.78, 5) is 20.3. The number of piperidine rings is 1. The highest BCUT2D eigenvalue weighted by molar-refractivity contribution is 6.04. The first-order valence-corrected chi connectivity index (χ1v) is 13.1. The van der Waals surface area contributed by atoms with Crippen molar-refractivity contribution in [3.63, 3.8) is 0 Å². The van der Waals surface area contributed by atoms with Gasteiger partial charge in [-0.1, -0.05) is 18.6 Å². The summed E-state index contributed by atoms with van der Waals surface area (Å²) < 4.78 is 41.6. The Labute approximate surface area is 214 Å². The molecule has 0 atom stereocenters. The maximum absolute atomic E-state index is 13.2. The topological polar surface area (TPSA) is 70.4 Å². The Morgan fingerprint density at radius 2 is 1.78 bits per heavy atom. The molecule has 2 aliphatic rings. The Morgan fingerprint density at radius 3 is 2.49 bits per heavy atom. The van der Waals surface area contributed by atoms with Gasteiger partial charge in [0.2, 0.25) is 5.95 Å². The number of aromatic nitrogens is 2. The van der Waals surface area contributed by atoms with Gasteiger partial charge < -0.3 is 9.67 Å². The number of hydrogen-bond acceptors (Lipinski definition) is 4. The normalized spacial score (nSPS) is 21.3. The third-order valence-corrected chi connectivity index (χ3v) is 7.73. The van der Waals surface area contributed by atoms with Crippen LogP contribution in [-0.4, -0.2) is 45.2 Å². The number of amides is 1. The molecule has 2 fully saturated rings. The molecule has 9 heteroatoms. The second kappa shape index (κ2) is 10.8. The molecule has 6 nitrogen and oxygen atoms in total. The molecule has 1 aliphatic carbocycles. The van der Waals surface area contributed by atoms with E-state index in [1.807, 2.05) is 10.6 Å². The average molecular weight is 515 g/mol. The van der Waals surface area contributed by atoms with Crippen molar-refractivity contribution in [1.29, 1.82) is 0 Å². The maximum Gasteiger partial charge on any atom is 0.416 e. The minimum absolute atomic E-state index is 0.0665. The van der Waals surface area contributed by atoms with E-state index in [-0.39, 0.29) is 24.1 Å². The van der Waals surface area contributed by atoms with Crippen LogP contribution >= 0.6 is 0 Å². The van der Waals surface area contributed by atoms with E-state index >= 15 is 0 Å². The second-order valence-corrected chi connectivity index (χ2v) is 10.4. The van der Waals surface area contributed by atoms with Crippen LogP contribution in [0.2, 0.25) is 0 Å². The van der Waals surface area contributed by atoms with Crippen LogP contribution in [0.3, 0.4) is 0 Å². The lowest BCUT2D eigenvalue weighted by atomic mass is 9.86. The molecule has 3 aromatic rings. The van der Waals surface area contributed by atoms with E-state index in [2.05, 4.69) is 22.3 Å².